The third-order valence-corrected chi connectivity index (χ3v) is 7.53. The van der Waals surface area contributed by atoms with Crippen molar-refractivity contribution in [1.29, 1.82) is 0 Å². The van der Waals surface area contributed by atoms with Crippen LogP contribution in [0.3, 0.4) is 0 Å². The summed E-state index contributed by atoms with van der Waals surface area (Å²) < 4.78 is 16.8. The molecule has 1 heterocycles. The van der Waals surface area contributed by atoms with Crippen LogP contribution in [0.15, 0.2) is 101 Å². The number of ether oxygens (including phenoxy) is 3. The number of Topliss-reactive ketones (excluding diaryl/α,β-unsaturated/α-hetero) is 1. The summed E-state index contributed by atoms with van der Waals surface area (Å²) in [7, 11) is 3.15. The van der Waals surface area contributed by atoms with Crippen molar-refractivity contribution < 1.29 is 23.8 Å². The molecular weight excluding hydrogens is 490 g/mol. The fraction of sp³-hybridized carbons (Fsp3) is 0.273. The van der Waals surface area contributed by atoms with Gasteiger partial charge in [0.2, 0.25) is 0 Å². The minimum atomic E-state index is -0.575. The highest BCUT2D eigenvalue weighted by molar-refractivity contribution is 6.04. The van der Waals surface area contributed by atoms with E-state index < -0.39 is 11.9 Å². The number of esters is 1. The summed E-state index contributed by atoms with van der Waals surface area (Å²) in [5.41, 5.74) is 5.62. The first-order valence-electron chi connectivity index (χ1n) is 13.2. The number of carbonyl (C=O) groups excluding carboxylic acids is 2. The second-order valence-electron chi connectivity index (χ2n) is 9.91. The van der Waals surface area contributed by atoms with Crippen LogP contribution in [0.4, 0.5) is 0 Å². The average Bonchev–Trinajstić information content (AvgIpc) is 2.96. The van der Waals surface area contributed by atoms with Crippen LogP contribution < -0.4 is 14.8 Å². The Labute approximate surface area is 229 Å². The Morgan fingerprint density at radius 2 is 1.56 bits per heavy atom. The first-order chi connectivity index (χ1) is 19.0. The molecule has 2 aliphatic rings. The van der Waals surface area contributed by atoms with E-state index in [0.29, 0.717) is 47.6 Å². The van der Waals surface area contributed by atoms with Crippen molar-refractivity contribution >= 4 is 11.8 Å². The van der Waals surface area contributed by atoms with Crippen molar-refractivity contribution in [3.8, 4) is 11.5 Å². The third kappa shape index (κ3) is 5.46. The predicted octanol–water partition coefficient (Wildman–Crippen LogP) is 5.85. The van der Waals surface area contributed by atoms with Crippen molar-refractivity contribution in [3.05, 3.63) is 118 Å². The lowest BCUT2D eigenvalue weighted by Crippen LogP contribution is -2.36. The number of rotatable bonds is 8. The van der Waals surface area contributed by atoms with Crippen molar-refractivity contribution in [2.75, 3.05) is 20.8 Å². The number of nitrogens with one attached hydrogen (secondary N) is 1. The lowest BCUT2D eigenvalue weighted by atomic mass is 9.71. The van der Waals surface area contributed by atoms with Gasteiger partial charge >= 0.3 is 5.97 Å². The van der Waals surface area contributed by atoms with E-state index in [1.54, 1.807) is 14.2 Å². The molecule has 6 heteroatoms. The smallest absolute Gasteiger partial charge is 0.336 e. The van der Waals surface area contributed by atoms with Crippen LogP contribution in [-0.4, -0.2) is 32.6 Å². The molecule has 1 aliphatic carbocycles. The van der Waals surface area contributed by atoms with Crippen LogP contribution in [0.5, 0.6) is 11.5 Å². The van der Waals surface area contributed by atoms with Crippen LogP contribution in [-0.2, 0) is 20.7 Å². The lowest BCUT2D eigenvalue weighted by Gasteiger charge is -2.36. The molecule has 0 bridgehead atoms. The molecule has 1 aliphatic heterocycles. The second-order valence-corrected chi connectivity index (χ2v) is 9.91. The maximum Gasteiger partial charge on any atom is 0.336 e. The van der Waals surface area contributed by atoms with Gasteiger partial charge in [0, 0.05) is 35.7 Å². The van der Waals surface area contributed by atoms with E-state index in [-0.39, 0.29) is 18.3 Å². The van der Waals surface area contributed by atoms with E-state index in [1.807, 2.05) is 73.7 Å². The highest BCUT2D eigenvalue weighted by atomic mass is 16.5. The summed E-state index contributed by atoms with van der Waals surface area (Å²) in [5.74, 6) is 0.212. The zero-order chi connectivity index (χ0) is 27.4. The fourth-order valence-corrected chi connectivity index (χ4v) is 5.62. The van der Waals surface area contributed by atoms with Crippen molar-refractivity contribution in [2.24, 2.45) is 0 Å². The van der Waals surface area contributed by atoms with Gasteiger partial charge in [-0.05, 0) is 48.1 Å². The van der Waals surface area contributed by atoms with Crippen LogP contribution in [0.1, 0.15) is 48.3 Å². The van der Waals surface area contributed by atoms with Gasteiger partial charge < -0.3 is 19.5 Å². The van der Waals surface area contributed by atoms with Gasteiger partial charge in [-0.1, -0.05) is 66.7 Å². The molecule has 2 atom stereocenters. The van der Waals surface area contributed by atoms with E-state index in [0.717, 1.165) is 22.4 Å². The molecule has 0 saturated heterocycles. The average molecular weight is 524 g/mol. The van der Waals surface area contributed by atoms with E-state index in [2.05, 4.69) is 17.4 Å². The van der Waals surface area contributed by atoms with E-state index in [1.165, 1.54) is 0 Å². The number of carbonyl (C=O) groups is 2. The van der Waals surface area contributed by atoms with Gasteiger partial charge in [0.1, 0.15) is 0 Å². The van der Waals surface area contributed by atoms with E-state index >= 15 is 0 Å². The van der Waals surface area contributed by atoms with Crippen LogP contribution in [0.25, 0.3) is 0 Å². The number of hydrogen-bond donors (Lipinski definition) is 1. The highest BCUT2D eigenvalue weighted by Gasteiger charge is 2.41. The lowest BCUT2D eigenvalue weighted by molar-refractivity contribution is -0.139. The SMILES string of the molecule is COc1ccc([C@@H]2C(C(=O)OCCc3ccccc3)=C(C)NC3=C2C(=O)C[C@@H](c2ccccc2)C3)cc1OC. The van der Waals surface area contributed by atoms with Gasteiger partial charge in [0.05, 0.1) is 26.4 Å². The standard InChI is InChI=1S/C33H33NO5/c1-21-30(33(36)39-17-16-22-10-6-4-7-11-22)31(24-14-15-28(37-2)29(20-24)38-3)32-26(34-21)18-25(19-27(32)35)23-12-8-5-9-13-23/h4-15,20,25,31,34H,16-19H2,1-3H3/t25-,31+/m0/s1. The maximum absolute atomic E-state index is 13.8. The molecule has 0 aromatic heterocycles. The van der Waals surface area contributed by atoms with Gasteiger partial charge in [0.25, 0.3) is 0 Å². The summed E-state index contributed by atoms with van der Waals surface area (Å²) in [6.07, 6.45) is 1.67. The van der Waals surface area contributed by atoms with Gasteiger partial charge in [0.15, 0.2) is 17.3 Å². The normalized spacial score (nSPS) is 18.8. The van der Waals surface area contributed by atoms with Crippen molar-refractivity contribution in [1.82, 2.24) is 5.32 Å². The Hall–Kier alpha value is -4.32. The van der Waals surface area contributed by atoms with Crippen molar-refractivity contribution in [2.45, 2.75) is 38.0 Å². The summed E-state index contributed by atoms with van der Waals surface area (Å²) in [4.78, 5) is 27.4. The zero-order valence-corrected chi connectivity index (χ0v) is 22.5. The monoisotopic (exact) mass is 523 g/mol. The quantitative estimate of drug-likeness (QED) is 0.374. The summed E-state index contributed by atoms with van der Waals surface area (Å²) in [6.45, 7) is 2.12. The first-order valence-corrected chi connectivity index (χ1v) is 13.2. The Morgan fingerprint density at radius 3 is 2.26 bits per heavy atom. The Balaban J connectivity index is 1.51. The molecule has 0 spiro atoms. The van der Waals surface area contributed by atoms with Crippen LogP contribution >= 0.6 is 0 Å². The Kier molecular flexibility index (Phi) is 7.82. The van der Waals surface area contributed by atoms with Crippen LogP contribution in [0, 0.1) is 0 Å². The summed E-state index contributed by atoms with van der Waals surface area (Å²) in [6, 6.07) is 25.6. The molecule has 0 fully saturated rings. The molecule has 0 unspecified atom stereocenters. The minimum absolute atomic E-state index is 0.0273. The molecule has 0 radical (unpaired) electrons. The first kappa shape index (κ1) is 26.3. The molecule has 0 saturated carbocycles. The number of allylic oxidation sites excluding steroid dienone is 3. The molecule has 5 rings (SSSR count). The van der Waals surface area contributed by atoms with Crippen molar-refractivity contribution in [3.63, 3.8) is 0 Å². The number of benzene rings is 3. The number of dihydropyridines is 1. The fourth-order valence-electron chi connectivity index (χ4n) is 5.62. The number of ketones is 1. The molecule has 200 valence electrons. The van der Waals surface area contributed by atoms with E-state index in [9.17, 15) is 9.59 Å². The Morgan fingerprint density at radius 1 is 0.872 bits per heavy atom. The van der Waals surface area contributed by atoms with Gasteiger partial charge in [-0.3, -0.25) is 4.79 Å². The molecule has 6 nitrogen and oxygen atoms in total. The molecule has 39 heavy (non-hydrogen) atoms. The molecule has 3 aromatic carbocycles. The topological polar surface area (TPSA) is 73.9 Å². The summed E-state index contributed by atoms with van der Waals surface area (Å²) in [5, 5.41) is 3.42. The minimum Gasteiger partial charge on any atom is -0.493 e. The summed E-state index contributed by atoms with van der Waals surface area (Å²) >= 11 is 0. The third-order valence-electron chi connectivity index (χ3n) is 7.53. The largest absolute Gasteiger partial charge is 0.493 e. The van der Waals surface area contributed by atoms with Gasteiger partial charge in [-0.2, -0.15) is 0 Å². The molecule has 0 amide bonds. The molecular formula is C33H33NO5. The van der Waals surface area contributed by atoms with Crippen LogP contribution in [0.2, 0.25) is 0 Å². The molecule has 3 aromatic rings. The number of hydrogen-bond acceptors (Lipinski definition) is 6. The second kappa shape index (κ2) is 11.6. The van der Waals surface area contributed by atoms with Gasteiger partial charge in [-0.25, -0.2) is 4.79 Å². The maximum atomic E-state index is 13.8. The zero-order valence-electron chi connectivity index (χ0n) is 22.5. The predicted molar refractivity (Wildman–Crippen MR) is 150 cm³/mol. The van der Waals surface area contributed by atoms with Gasteiger partial charge in [-0.15, -0.1) is 0 Å². The molecule has 1 N–H and O–H groups in total. The Bertz CT molecular complexity index is 1420. The number of methoxy groups -OCH3 is 2. The van der Waals surface area contributed by atoms with E-state index in [4.69, 9.17) is 14.2 Å². The highest BCUT2D eigenvalue weighted by Crippen LogP contribution is 2.47.